The first-order valence-electron chi connectivity index (χ1n) is 6.23. The van der Waals surface area contributed by atoms with Gasteiger partial charge >= 0.3 is 0 Å². The van der Waals surface area contributed by atoms with Crippen LogP contribution in [0.4, 0.5) is 5.69 Å². The number of anilines is 1. The van der Waals surface area contributed by atoms with Gasteiger partial charge < -0.3 is 10.4 Å². The molecule has 1 heterocycles. The molecule has 0 radical (unpaired) electrons. The maximum Gasteiger partial charge on any atom is 0.269 e. The predicted molar refractivity (Wildman–Crippen MR) is 79.4 cm³/mol. The van der Waals surface area contributed by atoms with Crippen molar-refractivity contribution in [3.8, 4) is 5.75 Å². The van der Waals surface area contributed by atoms with Crippen molar-refractivity contribution in [1.29, 1.82) is 0 Å². The average Bonchev–Trinajstić information content (AvgIpc) is 2.81. The van der Waals surface area contributed by atoms with E-state index >= 15 is 0 Å². The van der Waals surface area contributed by atoms with E-state index in [9.17, 15) is 9.90 Å². The van der Waals surface area contributed by atoms with Crippen molar-refractivity contribution in [1.82, 2.24) is 9.59 Å². The lowest BCUT2D eigenvalue weighted by molar-refractivity contribution is 0.102. The van der Waals surface area contributed by atoms with Gasteiger partial charge in [0.1, 0.15) is 10.6 Å². The highest BCUT2D eigenvalue weighted by atomic mass is 32.1. The van der Waals surface area contributed by atoms with Crippen LogP contribution < -0.4 is 5.32 Å². The minimum atomic E-state index is -0.232. The summed E-state index contributed by atoms with van der Waals surface area (Å²) in [7, 11) is 0. The molecule has 0 aliphatic heterocycles. The molecule has 1 aromatic carbocycles. The van der Waals surface area contributed by atoms with E-state index < -0.39 is 0 Å². The Balaban J connectivity index is 2.27. The smallest absolute Gasteiger partial charge is 0.269 e. The predicted octanol–water partition coefficient (Wildman–Crippen LogP) is 3.10. The molecule has 2 N–H and O–H groups in total. The number of amides is 1. The molecular formula is C14H17N3O2S. The zero-order chi connectivity index (χ0) is 14.9. The zero-order valence-corrected chi connectivity index (χ0v) is 12.7. The van der Waals surface area contributed by atoms with E-state index in [0.717, 1.165) is 17.1 Å². The summed E-state index contributed by atoms with van der Waals surface area (Å²) in [5.41, 5.74) is 1.93. The Morgan fingerprint density at radius 1 is 1.35 bits per heavy atom. The van der Waals surface area contributed by atoms with Crippen molar-refractivity contribution >= 4 is 23.1 Å². The first kappa shape index (κ1) is 14.5. The number of hydrogen-bond acceptors (Lipinski definition) is 5. The molecule has 0 bridgehead atoms. The first-order chi connectivity index (χ1) is 9.29. The number of phenols is 1. The molecule has 1 aromatic heterocycles. The Morgan fingerprint density at radius 2 is 2.05 bits per heavy atom. The molecule has 0 spiro atoms. The summed E-state index contributed by atoms with van der Waals surface area (Å²) >= 11 is 1.09. The van der Waals surface area contributed by atoms with E-state index in [2.05, 4.69) is 14.9 Å². The number of aromatic hydroxyl groups is 1. The van der Waals surface area contributed by atoms with E-state index in [1.54, 1.807) is 12.1 Å². The minimum Gasteiger partial charge on any atom is -0.508 e. The summed E-state index contributed by atoms with van der Waals surface area (Å²) < 4.78 is 3.88. The van der Waals surface area contributed by atoms with Crippen molar-refractivity contribution in [2.75, 3.05) is 5.32 Å². The SMILES string of the molecule is Cc1cc(O)ccc1NC(=O)c1snnc1C(C)(C)C. The fourth-order valence-electron chi connectivity index (χ4n) is 1.80. The van der Waals surface area contributed by atoms with Gasteiger partial charge in [-0.15, -0.1) is 5.10 Å². The number of carbonyl (C=O) groups is 1. The molecule has 0 unspecified atom stereocenters. The summed E-state index contributed by atoms with van der Waals surface area (Å²) in [6.07, 6.45) is 0. The van der Waals surface area contributed by atoms with E-state index in [-0.39, 0.29) is 17.1 Å². The Labute approximate surface area is 121 Å². The van der Waals surface area contributed by atoms with E-state index in [4.69, 9.17) is 0 Å². The second kappa shape index (κ2) is 5.20. The Bertz CT molecular complexity index is 644. The molecule has 5 nitrogen and oxygen atoms in total. The number of phenolic OH excluding ortho intramolecular Hbond substituents is 1. The van der Waals surface area contributed by atoms with Crippen LogP contribution in [-0.2, 0) is 5.41 Å². The molecule has 1 amide bonds. The molecule has 2 aromatic rings. The molecule has 2 rings (SSSR count). The van der Waals surface area contributed by atoms with Crippen LogP contribution >= 0.6 is 11.5 Å². The van der Waals surface area contributed by atoms with Crippen LogP contribution in [0.2, 0.25) is 0 Å². The second-order valence-corrected chi connectivity index (χ2v) is 6.41. The summed E-state index contributed by atoms with van der Waals surface area (Å²) in [4.78, 5) is 12.9. The van der Waals surface area contributed by atoms with Crippen molar-refractivity contribution in [3.05, 3.63) is 34.3 Å². The Kier molecular flexibility index (Phi) is 3.76. The van der Waals surface area contributed by atoms with Gasteiger partial charge in [-0.05, 0) is 42.2 Å². The van der Waals surface area contributed by atoms with Crippen molar-refractivity contribution in [2.24, 2.45) is 0 Å². The van der Waals surface area contributed by atoms with E-state index in [1.165, 1.54) is 6.07 Å². The van der Waals surface area contributed by atoms with Crippen LogP contribution in [0.5, 0.6) is 5.75 Å². The number of hydrogen-bond donors (Lipinski definition) is 2. The van der Waals surface area contributed by atoms with Gasteiger partial charge in [-0.1, -0.05) is 25.3 Å². The molecular weight excluding hydrogens is 274 g/mol. The number of aromatic nitrogens is 2. The van der Waals surface area contributed by atoms with Crippen LogP contribution in [0, 0.1) is 6.92 Å². The zero-order valence-electron chi connectivity index (χ0n) is 11.9. The summed E-state index contributed by atoms with van der Waals surface area (Å²) in [5, 5.41) is 16.3. The van der Waals surface area contributed by atoms with E-state index in [0.29, 0.717) is 16.3 Å². The number of rotatable bonds is 2. The average molecular weight is 291 g/mol. The standard InChI is InChI=1S/C14H17N3O2S/c1-8-7-9(18)5-6-10(8)15-13(19)11-12(14(2,3)4)16-17-20-11/h5-7,18H,1-4H3,(H,15,19). The Hall–Kier alpha value is -1.95. The minimum absolute atomic E-state index is 0.176. The fraction of sp³-hybridized carbons (Fsp3) is 0.357. The molecule has 0 atom stereocenters. The largest absolute Gasteiger partial charge is 0.508 e. The van der Waals surface area contributed by atoms with Gasteiger partial charge in [0.2, 0.25) is 0 Å². The topological polar surface area (TPSA) is 75.1 Å². The van der Waals surface area contributed by atoms with Gasteiger partial charge in [0.15, 0.2) is 0 Å². The number of benzene rings is 1. The molecule has 0 aliphatic carbocycles. The normalized spacial score (nSPS) is 11.4. The third kappa shape index (κ3) is 2.96. The molecule has 0 saturated heterocycles. The number of nitrogens with zero attached hydrogens (tertiary/aromatic N) is 2. The lowest BCUT2D eigenvalue weighted by Gasteiger charge is -2.16. The lowest BCUT2D eigenvalue weighted by atomic mass is 9.91. The summed E-state index contributed by atoms with van der Waals surface area (Å²) in [5.74, 6) is -0.0472. The van der Waals surface area contributed by atoms with Crippen molar-refractivity contribution < 1.29 is 9.90 Å². The summed E-state index contributed by atoms with van der Waals surface area (Å²) in [6.45, 7) is 7.80. The van der Waals surface area contributed by atoms with Crippen LogP contribution in [0.15, 0.2) is 18.2 Å². The first-order valence-corrected chi connectivity index (χ1v) is 7.00. The van der Waals surface area contributed by atoms with Crippen molar-refractivity contribution in [3.63, 3.8) is 0 Å². The van der Waals surface area contributed by atoms with Gasteiger partial charge in [-0.25, -0.2) is 0 Å². The monoisotopic (exact) mass is 291 g/mol. The number of carbonyl (C=O) groups excluding carboxylic acids is 1. The molecule has 6 heteroatoms. The Morgan fingerprint density at radius 3 is 2.65 bits per heavy atom. The molecule has 0 aliphatic rings. The number of nitrogens with one attached hydrogen (secondary N) is 1. The third-order valence-corrected chi connectivity index (χ3v) is 3.59. The molecule has 0 saturated carbocycles. The molecule has 20 heavy (non-hydrogen) atoms. The van der Waals surface area contributed by atoms with Crippen LogP contribution in [0.25, 0.3) is 0 Å². The fourth-order valence-corrected chi connectivity index (χ4v) is 2.57. The van der Waals surface area contributed by atoms with Gasteiger partial charge in [0, 0.05) is 11.1 Å². The quantitative estimate of drug-likeness (QED) is 0.834. The van der Waals surface area contributed by atoms with Crippen LogP contribution in [-0.4, -0.2) is 20.6 Å². The van der Waals surface area contributed by atoms with Crippen LogP contribution in [0.3, 0.4) is 0 Å². The lowest BCUT2D eigenvalue weighted by Crippen LogP contribution is -2.20. The third-order valence-electron chi connectivity index (χ3n) is 2.86. The highest BCUT2D eigenvalue weighted by Gasteiger charge is 2.26. The molecule has 0 fully saturated rings. The summed E-state index contributed by atoms with van der Waals surface area (Å²) in [6, 6.07) is 4.82. The molecule has 106 valence electrons. The maximum atomic E-state index is 12.3. The highest BCUT2D eigenvalue weighted by Crippen LogP contribution is 2.27. The van der Waals surface area contributed by atoms with Gasteiger partial charge in [0.05, 0.1) is 5.69 Å². The second-order valence-electron chi connectivity index (χ2n) is 5.65. The van der Waals surface area contributed by atoms with Crippen molar-refractivity contribution in [2.45, 2.75) is 33.1 Å². The highest BCUT2D eigenvalue weighted by molar-refractivity contribution is 7.08. The van der Waals surface area contributed by atoms with Crippen LogP contribution in [0.1, 0.15) is 41.7 Å². The van der Waals surface area contributed by atoms with Gasteiger partial charge in [-0.3, -0.25) is 4.79 Å². The van der Waals surface area contributed by atoms with Gasteiger partial charge in [-0.2, -0.15) is 0 Å². The number of aryl methyl sites for hydroxylation is 1. The van der Waals surface area contributed by atoms with E-state index in [1.807, 2.05) is 27.7 Å². The maximum absolute atomic E-state index is 12.3. The van der Waals surface area contributed by atoms with Gasteiger partial charge in [0.25, 0.3) is 5.91 Å².